The van der Waals surface area contributed by atoms with Crippen molar-refractivity contribution >= 4 is 11.0 Å². The molecule has 9 nitrogen and oxygen atoms in total. The number of allylic oxidation sites excluding steroid dienone is 2. The number of methoxy groups -OCH3 is 1. The molecule has 1 unspecified atom stereocenters. The number of rotatable bonds is 6. The maximum Gasteiger partial charge on any atom is 0.239 e. The SMILES string of the molecule is COc1ccc(-c2oc3c(CC=C(C)C)ccc(O)c3c(=O)c2OC2O[C@H](C)[C@@H](O)[C@H](O)[C@@H]2O)cc1. The molecule has 1 aliphatic heterocycles. The highest BCUT2D eigenvalue weighted by Crippen LogP contribution is 2.37. The van der Waals surface area contributed by atoms with Gasteiger partial charge in [0.1, 0.15) is 40.8 Å². The molecule has 0 saturated carbocycles. The first-order valence-corrected chi connectivity index (χ1v) is 11.6. The number of aromatic hydroxyl groups is 1. The minimum Gasteiger partial charge on any atom is -0.507 e. The molecule has 9 heteroatoms. The van der Waals surface area contributed by atoms with Crippen LogP contribution in [0.4, 0.5) is 0 Å². The van der Waals surface area contributed by atoms with Gasteiger partial charge in [-0.2, -0.15) is 0 Å². The van der Waals surface area contributed by atoms with Crippen LogP contribution in [-0.4, -0.2) is 58.2 Å². The monoisotopic (exact) mass is 498 g/mol. The molecule has 0 radical (unpaired) electrons. The van der Waals surface area contributed by atoms with Gasteiger partial charge in [-0.25, -0.2) is 0 Å². The first-order valence-electron chi connectivity index (χ1n) is 11.6. The van der Waals surface area contributed by atoms with Crippen LogP contribution in [0.1, 0.15) is 26.3 Å². The number of benzene rings is 2. The molecule has 5 atom stereocenters. The molecule has 1 aliphatic rings. The highest BCUT2D eigenvalue weighted by atomic mass is 16.7. The summed E-state index contributed by atoms with van der Waals surface area (Å²) in [5.41, 5.74) is 1.75. The van der Waals surface area contributed by atoms with Crippen LogP contribution in [0.3, 0.4) is 0 Å². The second kappa shape index (κ2) is 10.3. The van der Waals surface area contributed by atoms with E-state index in [1.54, 1.807) is 30.3 Å². The van der Waals surface area contributed by atoms with Crippen molar-refractivity contribution in [2.24, 2.45) is 0 Å². The third-order valence-corrected chi connectivity index (χ3v) is 6.19. The van der Waals surface area contributed by atoms with E-state index < -0.39 is 36.1 Å². The van der Waals surface area contributed by atoms with E-state index >= 15 is 0 Å². The summed E-state index contributed by atoms with van der Waals surface area (Å²) in [7, 11) is 1.53. The minimum atomic E-state index is -1.65. The molecule has 1 fully saturated rings. The van der Waals surface area contributed by atoms with E-state index in [1.807, 2.05) is 19.9 Å². The summed E-state index contributed by atoms with van der Waals surface area (Å²) in [4.78, 5) is 13.7. The highest BCUT2D eigenvalue weighted by molar-refractivity contribution is 5.89. The van der Waals surface area contributed by atoms with Crippen LogP contribution in [0, 0.1) is 0 Å². The average Bonchev–Trinajstić information content (AvgIpc) is 2.86. The fraction of sp³-hybridized carbons (Fsp3) is 0.370. The first-order chi connectivity index (χ1) is 17.1. The normalized spacial score (nSPS) is 23.9. The van der Waals surface area contributed by atoms with Gasteiger partial charge in [0.05, 0.1) is 13.2 Å². The molecule has 2 aromatic carbocycles. The van der Waals surface area contributed by atoms with Gasteiger partial charge >= 0.3 is 0 Å². The van der Waals surface area contributed by atoms with Crippen LogP contribution in [0.25, 0.3) is 22.3 Å². The summed E-state index contributed by atoms with van der Waals surface area (Å²) in [6.45, 7) is 5.41. The molecule has 0 spiro atoms. The molecule has 0 amide bonds. The van der Waals surface area contributed by atoms with Crippen LogP contribution in [0.5, 0.6) is 17.2 Å². The lowest BCUT2D eigenvalue weighted by Gasteiger charge is -2.38. The predicted octanol–water partition coefficient (Wildman–Crippen LogP) is 2.89. The first kappa shape index (κ1) is 25.7. The van der Waals surface area contributed by atoms with Gasteiger partial charge in [-0.15, -0.1) is 0 Å². The molecular formula is C27H30O9. The van der Waals surface area contributed by atoms with Crippen LogP contribution in [0.2, 0.25) is 0 Å². The lowest BCUT2D eigenvalue weighted by atomic mass is 10.00. The predicted molar refractivity (Wildman–Crippen MR) is 132 cm³/mol. The van der Waals surface area contributed by atoms with E-state index in [0.29, 0.717) is 23.3 Å². The van der Waals surface area contributed by atoms with Gasteiger partial charge in [-0.3, -0.25) is 4.79 Å². The average molecular weight is 499 g/mol. The second-order valence-corrected chi connectivity index (χ2v) is 9.05. The standard InChI is InChI=1S/C27H30O9/c1-13(2)5-6-15-9-12-18(28)19-21(30)26(36-27-23(32)22(31)20(29)14(3)34-27)25(35-24(15)19)16-7-10-17(33-4)11-8-16/h5,7-12,14,20,22-23,27-29,31-32H,6H2,1-4H3/t14-,20-,22+,23+,27?/m1/s1. The van der Waals surface area contributed by atoms with E-state index in [9.17, 15) is 25.2 Å². The zero-order valence-corrected chi connectivity index (χ0v) is 20.5. The van der Waals surface area contributed by atoms with Crippen molar-refractivity contribution in [3.8, 4) is 28.6 Å². The highest BCUT2D eigenvalue weighted by Gasteiger charge is 2.44. The van der Waals surface area contributed by atoms with Gasteiger partial charge in [0.15, 0.2) is 5.76 Å². The minimum absolute atomic E-state index is 0.0447. The fourth-order valence-electron chi connectivity index (χ4n) is 4.06. The number of phenolic OH excluding ortho intramolecular Hbond substituents is 1. The summed E-state index contributed by atoms with van der Waals surface area (Å²) in [6.07, 6.45) is -4.45. The Kier molecular flexibility index (Phi) is 7.37. The molecule has 0 aliphatic carbocycles. The Hall–Kier alpha value is -3.37. The smallest absolute Gasteiger partial charge is 0.239 e. The molecule has 36 heavy (non-hydrogen) atoms. The maximum atomic E-state index is 13.7. The number of hydrogen-bond donors (Lipinski definition) is 4. The molecule has 4 rings (SSSR count). The number of ether oxygens (including phenoxy) is 3. The number of aliphatic hydroxyl groups excluding tert-OH is 3. The maximum absolute atomic E-state index is 13.7. The van der Waals surface area contributed by atoms with Crippen molar-refractivity contribution in [3.05, 3.63) is 63.8 Å². The van der Waals surface area contributed by atoms with Gasteiger partial charge in [-0.05, 0) is 63.1 Å². The lowest BCUT2D eigenvalue weighted by Crippen LogP contribution is -2.58. The molecule has 2 heterocycles. The fourth-order valence-corrected chi connectivity index (χ4v) is 4.06. The zero-order chi connectivity index (χ0) is 26.1. The number of hydrogen-bond acceptors (Lipinski definition) is 9. The quantitative estimate of drug-likeness (QED) is 0.378. The van der Waals surface area contributed by atoms with Gasteiger partial charge in [-0.1, -0.05) is 17.7 Å². The Morgan fingerprint density at radius 2 is 1.72 bits per heavy atom. The number of phenols is 1. The van der Waals surface area contributed by atoms with E-state index in [1.165, 1.54) is 20.1 Å². The van der Waals surface area contributed by atoms with Crippen molar-refractivity contribution in [2.75, 3.05) is 7.11 Å². The second-order valence-electron chi connectivity index (χ2n) is 9.05. The number of fused-ring (bicyclic) bond motifs is 1. The molecule has 1 aromatic heterocycles. The summed E-state index contributed by atoms with van der Waals surface area (Å²) in [6, 6.07) is 9.82. The Bertz CT molecular complexity index is 1320. The molecular weight excluding hydrogens is 468 g/mol. The van der Waals surface area contributed by atoms with Gasteiger partial charge in [0.2, 0.25) is 17.5 Å². The Balaban J connectivity index is 1.93. The van der Waals surface area contributed by atoms with E-state index in [0.717, 1.165) is 5.57 Å². The Labute approximate surface area is 207 Å². The van der Waals surface area contributed by atoms with Crippen molar-refractivity contribution in [2.45, 2.75) is 57.9 Å². The molecule has 192 valence electrons. The largest absolute Gasteiger partial charge is 0.507 e. The van der Waals surface area contributed by atoms with Gasteiger partial charge < -0.3 is 39.1 Å². The molecule has 3 aromatic rings. The van der Waals surface area contributed by atoms with Crippen molar-refractivity contribution in [3.63, 3.8) is 0 Å². The van der Waals surface area contributed by atoms with E-state index in [2.05, 4.69) is 0 Å². The zero-order valence-electron chi connectivity index (χ0n) is 20.5. The van der Waals surface area contributed by atoms with Crippen LogP contribution in [-0.2, 0) is 11.2 Å². The lowest BCUT2D eigenvalue weighted by molar-refractivity contribution is -0.268. The van der Waals surface area contributed by atoms with E-state index in [4.69, 9.17) is 18.6 Å². The topological polar surface area (TPSA) is 139 Å². The summed E-state index contributed by atoms with van der Waals surface area (Å²) >= 11 is 0. The van der Waals surface area contributed by atoms with Crippen LogP contribution >= 0.6 is 0 Å². The van der Waals surface area contributed by atoms with E-state index in [-0.39, 0.29) is 28.2 Å². The third-order valence-electron chi connectivity index (χ3n) is 6.19. The molecule has 0 bridgehead atoms. The summed E-state index contributed by atoms with van der Waals surface area (Å²) < 4.78 is 22.8. The van der Waals surface area contributed by atoms with Gasteiger partial charge in [0.25, 0.3) is 0 Å². The third kappa shape index (κ3) is 4.83. The van der Waals surface area contributed by atoms with Crippen molar-refractivity contribution in [1.82, 2.24) is 0 Å². The van der Waals surface area contributed by atoms with Crippen molar-refractivity contribution in [1.29, 1.82) is 0 Å². The van der Waals surface area contributed by atoms with Crippen LogP contribution in [0.15, 0.2) is 57.3 Å². The summed E-state index contributed by atoms with van der Waals surface area (Å²) in [5, 5.41) is 41.2. The van der Waals surface area contributed by atoms with Gasteiger partial charge in [0, 0.05) is 5.56 Å². The van der Waals surface area contributed by atoms with Crippen LogP contribution < -0.4 is 14.9 Å². The molecule has 1 saturated heterocycles. The Morgan fingerprint density at radius 1 is 1.03 bits per heavy atom. The number of aliphatic hydroxyl groups is 3. The molecule has 4 N–H and O–H groups in total. The summed E-state index contributed by atoms with van der Waals surface area (Å²) in [5.74, 6) is 0.0217. The van der Waals surface area contributed by atoms with Crippen molar-refractivity contribution < 1.29 is 39.1 Å². The Morgan fingerprint density at radius 3 is 2.36 bits per heavy atom.